The molecule has 0 saturated heterocycles. The summed E-state index contributed by atoms with van der Waals surface area (Å²) in [7, 11) is 0. The fraction of sp³-hybridized carbons (Fsp3) is 0.143. The first kappa shape index (κ1) is 15.5. The number of rotatable bonds is 2. The van der Waals surface area contributed by atoms with Gasteiger partial charge in [-0.3, -0.25) is 4.98 Å². The van der Waals surface area contributed by atoms with Crippen molar-refractivity contribution in [3.8, 4) is 0 Å². The van der Waals surface area contributed by atoms with Gasteiger partial charge in [-0.05, 0) is 17.9 Å². The van der Waals surface area contributed by atoms with Crippen LogP contribution in [0.4, 0.5) is 0 Å². The van der Waals surface area contributed by atoms with Crippen LogP contribution in [0.5, 0.6) is 0 Å². The number of H-pyrrole nitrogens is 1. The van der Waals surface area contributed by atoms with Gasteiger partial charge in [-0.15, -0.1) is 24.8 Å². The highest BCUT2D eigenvalue weighted by atomic mass is 35.5. The summed E-state index contributed by atoms with van der Waals surface area (Å²) in [6, 6.07) is 8.35. The van der Waals surface area contributed by atoms with Crippen molar-refractivity contribution in [2.24, 2.45) is 0 Å². The maximum Gasteiger partial charge on any atom is 0.0921 e. The molecule has 2 heterocycles. The standard InChI is InChI=1S/C14H13N3.2ClH/c1-10-14(6-12-8-15-9-17-12)13-5-3-2-4-11(13)7-16-10;;/h2-5,7-9H,6H2,1H3,(H,15,17);2*1H. The smallest absolute Gasteiger partial charge is 0.0921 e. The number of aryl methyl sites for hydroxylation is 1. The topological polar surface area (TPSA) is 41.6 Å². The predicted molar refractivity (Wildman–Crippen MR) is 82.4 cm³/mol. The summed E-state index contributed by atoms with van der Waals surface area (Å²) >= 11 is 0. The number of aromatic amines is 1. The van der Waals surface area contributed by atoms with Crippen LogP contribution in [0, 0.1) is 6.92 Å². The van der Waals surface area contributed by atoms with Gasteiger partial charge in [-0.1, -0.05) is 24.3 Å². The third-order valence-corrected chi connectivity index (χ3v) is 3.04. The molecule has 0 saturated carbocycles. The second-order valence-electron chi connectivity index (χ2n) is 4.16. The van der Waals surface area contributed by atoms with Gasteiger partial charge in [0.05, 0.1) is 6.33 Å². The Kier molecular flexibility index (Phi) is 5.33. The molecule has 3 aromatic rings. The molecule has 0 aliphatic rings. The number of hydrogen-bond acceptors (Lipinski definition) is 2. The van der Waals surface area contributed by atoms with Gasteiger partial charge in [0.2, 0.25) is 0 Å². The minimum Gasteiger partial charge on any atom is -0.348 e. The minimum atomic E-state index is 0. The molecular weight excluding hydrogens is 281 g/mol. The first-order chi connectivity index (χ1) is 8.34. The second kappa shape index (κ2) is 6.55. The molecule has 0 aliphatic carbocycles. The van der Waals surface area contributed by atoms with E-state index >= 15 is 0 Å². The third kappa shape index (κ3) is 3.06. The number of nitrogens with one attached hydrogen (secondary N) is 1. The Hall–Kier alpha value is -1.58. The number of nitrogens with zero attached hydrogens (tertiary/aromatic N) is 2. The molecule has 2 aromatic heterocycles. The highest BCUT2D eigenvalue weighted by Gasteiger charge is 2.07. The van der Waals surface area contributed by atoms with Crippen LogP contribution >= 0.6 is 24.8 Å². The molecule has 3 nitrogen and oxygen atoms in total. The molecule has 0 spiro atoms. The second-order valence-corrected chi connectivity index (χ2v) is 4.16. The van der Waals surface area contributed by atoms with Crippen LogP contribution in [0.15, 0.2) is 43.0 Å². The number of pyridine rings is 1. The van der Waals surface area contributed by atoms with E-state index in [1.165, 1.54) is 16.3 Å². The molecule has 0 aliphatic heterocycles. The third-order valence-electron chi connectivity index (χ3n) is 3.04. The first-order valence-electron chi connectivity index (χ1n) is 5.65. The lowest BCUT2D eigenvalue weighted by Crippen LogP contribution is -1.96. The zero-order valence-corrected chi connectivity index (χ0v) is 12.1. The van der Waals surface area contributed by atoms with Crippen molar-refractivity contribution >= 4 is 35.6 Å². The van der Waals surface area contributed by atoms with Crippen LogP contribution < -0.4 is 0 Å². The van der Waals surface area contributed by atoms with Crippen molar-refractivity contribution in [3.63, 3.8) is 0 Å². The summed E-state index contributed by atoms with van der Waals surface area (Å²) in [6.07, 6.45) is 6.35. The number of benzene rings is 1. The van der Waals surface area contributed by atoms with E-state index in [0.29, 0.717) is 0 Å². The monoisotopic (exact) mass is 295 g/mol. The minimum absolute atomic E-state index is 0. The van der Waals surface area contributed by atoms with Gasteiger partial charge < -0.3 is 4.98 Å². The van der Waals surface area contributed by atoms with E-state index in [2.05, 4.69) is 40.1 Å². The largest absolute Gasteiger partial charge is 0.348 e. The molecule has 0 fully saturated rings. The molecule has 3 rings (SSSR count). The molecule has 0 bridgehead atoms. The molecule has 0 radical (unpaired) electrons. The van der Waals surface area contributed by atoms with E-state index in [1.54, 1.807) is 6.33 Å². The summed E-state index contributed by atoms with van der Waals surface area (Å²) in [4.78, 5) is 11.6. The van der Waals surface area contributed by atoms with E-state index in [0.717, 1.165) is 17.8 Å². The Balaban J connectivity index is 0.000000902. The van der Waals surface area contributed by atoms with Crippen molar-refractivity contribution < 1.29 is 0 Å². The Labute approximate surface area is 124 Å². The predicted octanol–water partition coefficient (Wildman–Crippen LogP) is 3.70. The maximum absolute atomic E-state index is 4.45. The molecule has 1 N–H and O–H groups in total. The molecule has 19 heavy (non-hydrogen) atoms. The number of imidazole rings is 1. The van der Waals surface area contributed by atoms with Gasteiger partial charge in [0.1, 0.15) is 0 Å². The van der Waals surface area contributed by atoms with Crippen molar-refractivity contribution in [1.82, 2.24) is 15.0 Å². The molecule has 5 heteroatoms. The lowest BCUT2D eigenvalue weighted by Gasteiger charge is -2.08. The normalized spacial score (nSPS) is 9.74. The zero-order chi connectivity index (χ0) is 11.7. The highest BCUT2D eigenvalue weighted by Crippen LogP contribution is 2.22. The zero-order valence-electron chi connectivity index (χ0n) is 10.5. The van der Waals surface area contributed by atoms with Crippen LogP contribution in [0.3, 0.4) is 0 Å². The Morgan fingerprint density at radius 2 is 1.89 bits per heavy atom. The van der Waals surface area contributed by atoms with E-state index in [4.69, 9.17) is 0 Å². The van der Waals surface area contributed by atoms with Gasteiger partial charge in [-0.25, -0.2) is 4.98 Å². The summed E-state index contributed by atoms with van der Waals surface area (Å²) in [5, 5.41) is 2.46. The quantitative estimate of drug-likeness (QED) is 0.783. The fourth-order valence-electron chi connectivity index (χ4n) is 2.12. The van der Waals surface area contributed by atoms with Crippen LogP contribution in [0.25, 0.3) is 10.8 Å². The van der Waals surface area contributed by atoms with E-state index in [9.17, 15) is 0 Å². The molecule has 0 amide bonds. The summed E-state index contributed by atoms with van der Waals surface area (Å²) in [5.41, 5.74) is 3.47. The average molecular weight is 296 g/mol. The Morgan fingerprint density at radius 3 is 2.63 bits per heavy atom. The highest BCUT2D eigenvalue weighted by molar-refractivity contribution is 5.86. The van der Waals surface area contributed by atoms with Crippen molar-refractivity contribution in [3.05, 3.63) is 59.9 Å². The van der Waals surface area contributed by atoms with Gasteiger partial charge >= 0.3 is 0 Å². The molecule has 0 atom stereocenters. The molecule has 0 unspecified atom stereocenters. The molecular formula is C14H15Cl2N3. The lowest BCUT2D eigenvalue weighted by atomic mass is 10.0. The Bertz CT molecular complexity index is 651. The van der Waals surface area contributed by atoms with Crippen LogP contribution in [-0.4, -0.2) is 15.0 Å². The molecule has 100 valence electrons. The lowest BCUT2D eigenvalue weighted by molar-refractivity contribution is 1.06. The van der Waals surface area contributed by atoms with Crippen LogP contribution in [0.2, 0.25) is 0 Å². The number of fused-ring (bicyclic) bond motifs is 1. The van der Waals surface area contributed by atoms with Crippen LogP contribution in [0.1, 0.15) is 17.0 Å². The first-order valence-corrected chi connectivity index (χ1v) is 5.65. The van der Waals surface area contributed by atoms with Crippen molar-refractivity contribution in [2.75, 3.05) is 0 Å². The van der Waals surface area contributed by atoms with Crippen LogP contribution in [-0.2, 0) is 6.42 Å². The fourth-order valence-corrected chi connectivity index (χ4v) is 2.12. The Morgan fingerprint density at radius 1 is 1.11 bits per heavy atom. The van der Waals surface area contributed by atoms with Gasteiger partial charge in [0, 0.05) is 35.6 Å². The van der Waals surface area contributed by atoms with Gasteiger partial charge in [0.15, 0.2) is 0 Å². The number of halogens is 2. The summed E-state index contributed by atoms with van der Waals surface area (Å²) < 4.78 is 0. The van der Waals surface area contributed by atoms with Gasteiger partial charge in [0.25, 0.3) is 0 Å². The summed E-state index contributed by atoms with van der Waals surface area (Å²) in [5.74, 6) is 0. The number of hydrogen-bond donors (Lipinski definition) is 1. The SMILES string of the molecule is Cc1ncc2ccccc2c1Cc1cnc[nH]1.Cl.Cl. The van der Waals surface area contributed by atoms with E-state index < -0.39 is 0 Å². The van der Waals surface area contributed by atoms with Gasteiger partial charge in [-0.2, -0.15) is 0 Å². The summed E-state index contributed by atoms with van der Waals surface area (Å²) in [6.45, 7) is 2.05. The molecule has 1 aromatic carbocycles. The maximum atomic E-state index is 4.45. The number of aromatic nitrogens is 3. The van der Waals surface area contributed by atoms with Crippen molar-refractivity contribution in [2.45, 2.75) is 13.3 Å². The average Bonchev–Trinajstić information content (AvgIpc) is 2.86. The van der Waals surface area contributed by atoms with E-state index in [-0.39, 0.29) is 24.8 Å². The van der Waals surface area contributed by atoms with E-state index in [1.807, 2.05) is 18.5 Å². The van der Waals surface area contributed by atoms with Crippen molar-refractivity contribution in [1.29, 1.82) is 0 Å².